The first-order valence-corrected chi connectivity index (χ1v) is 9.02. The van der Waals surface area contributed by atoms with Crippen LogP contribution in [0.5, 0.6) is 5.75 Å². The molecule has 2 aromatic rings. The van der Waals surface area contributed by atoms with Crippen molar-refractivity contribution in [3.63, 3.8) is 0 Å². The lowest BCUT2D eigenvalue weighted by molar-refractivity contribution is -0.121. The second-order valence-corrected chi connectivity index (χ2v) is 6.83. The van der Waals surface area contributed by atoms with Crippen molar-refractivity contribution >= 4 is 17.6 Å². The molecule has 1 heterocycles. The van der Waals surface area contributed by atoms with Gasteiger partial charge in [0.15, 0.2) is 0 Å². The maximum atomic E-state index is 12.6. The summed E-state index contributed by atoms with van der Waals surface area (Å²) in [5.74, 6) is 0.595. The molecule has 0 aliphatic carbocycles. The van der Waals surface area contributed by atoms with Gasteiger partial charge in [0.2, 0.25) is 5.91 Å². The topological polar surface area (TPSA) is 61.9 Å². The molecule has 6 heteroatoms. The summed E-state index contributed by atoms with van der Waals surface area (Å²) in [5, 5.41) is 2.91. The Morgan fingerprint density at radius 3 is 2.67 bits per heavy atom. The highest BCUT2D eigenvalue weighted by Crippen LogP contribution is 2.24. The van der Waals surface area contributed by atoms with E-state index >= 15 is 0 Å². The molecular weight excluding hydrogens is 342 g/mol. The van der Waals surface area contributed by atoms with E-state index in [0.717, 1.165) is 11.3 Å². The summed E-state index contributed by atoms with van der Waals surface area (Å²) in [6, 6.07) is 15.1. The third-order valence-corrected chi connectivity index (χ3v) is 4.78. The monoisotopic (exact) mass is 367 g/mol. The van der Waals surface area contributed by atoms with Gasteiger partial charge < -0.3 is 19.9 Å². The van der Waals surface area contributed by atoms with E-state index < -0.39 is 0 Å². The first kappa shape index (κ1) is 18.8. The molecule has 1 aliphatic rings. The number of nitrogens with one attached hydrogen (secondary N) is 1. The van der Waals surface area contributed by atoms with Crippen molar-refractivity contribution in [2.24, 2.45) is 0 Å². The largest absolute Gasteiger partial charge is 0.497 e. The number of ether oxygens (including phenoxy) is 1. The van der Waals surface area contributed by atoms with E-state index in [9.17, 15) is 9.59 Å². The average Bonchev–Trinajstić information content (AvgIpc) is 2.68. The molecule has 142 valence electrons. The molecule has 0 radical (unpaired) electrons. The van der Waals surface area contributed by atoms with Crippen molar-refractivity contribution in [2.75, 3.05) is 25.1 Å². The van der Waals surface area contributed by atoms with Gasteiger partial charge in [0, 0.05) is 30.9 Å². The van der Waals surface area contributed by atoms with E-state index in [1.54, 1.807) is 16.9 Å². The van der Waals surface area contributed by atoms with Crippen LogP contribution in [0.2, 0.25) is 0 Å². The zero-order valence-corrected chi connectivity index (χ0v) is 15.9. The third kappa shape index (κ3) is 4.39. The lowest BCUT2D eigenvalue weighted by Gasteiger charge is -2.39. The second-order valence-electron chi connectivity index (χ2n) is 6.83. The van der Waals surface area contributed by atoms with Crippen LogP contribution in [0, 0.1) is 6.92 Å². The summed E-state index contributed by atoms with van der Waals surface area (Å²) in [7, 11) is 1.60. The Hall–Kier alpha value is -3.02. The van der Waals surface area contributed by atoms with Gasteiger partial charge in [-0.05, 0) is 31.5 Å². The van der Waals surface area contributed by atoms with E-state index in [4.69, 9.17) is 4.74 Å². The Bertz CT molecular complexity index is 820. The van der Waals surface area contributed by atoms with E-state index in [0.29, 0.717) is 18.8 Å². The molecule has 27 heavy (non-hydrogen) atoms. The van der Waals surface area contributed by atoms with Gasteiger partial charge in [-0.15, -0.1) is 0 Å². The standard InChI is InChI=1S/C21H25N3O3/c1-15-7-9-17(10-8-15)12-22-21(26)23-14-20(25)24(13-16(23)2)18-5-4-6-19(11-18)27-3/h4-11,16H,12-14H2,1-3H3,(H,22,26). The SMILES string of the molecule is COc1cccc(N2CC(C)N(C(=O)NCc3ccc(C)cc3)CC2=O)c1. The summed E-state index contributed by atoms with van der Waals surface area (Å²) in [6.07, 6.45) is 0. The van der Waals surface area contributed by atoms with E-state index in [1.165, 1.54) is 5.56 Å². The van der Waals surface area contributed by atoms with E-state index in [2.05, 4.69) is 5.32 Å². The number of nitrogens with zero attached hydrogens (tertiary/aromatic N) is 2. The Balaban J connectivity index is 1.63. The smallest absolute Gasteiger partial charge is 0.318 e. The van der Waals surface area contributed by atoms with Crippen LogP contribution in [0.1, 0.15) is 18.1 Å². The number of urea groups is 1. The Labute approximate surface area is 159 Å². The highest BCUT2D eigenvalue weighted by Gasteiger charge is 2.33. The lowest BCUT2D eigenvalue weighted by atomic mass is 10.1. The van der Waals surface area contributed by atoms with Crippen molar-refractivity contribution in [2.45, 2.75) is 26.4 Å². The molecule has 1 fully saturated rings. The fourth-order valence-electron chi connectivity index (χ4n) is 3.14. The molecule has 0 saturated carbocycles. The second kappa shape index (κ2) is 8.12. The minimum absolute atomic E-state index is 0.0537. The van der Waals surface area contributed by atoms with Crippen molar-refractivity contribution in [1.29, 1.82) is 0 Å². The van der Waals surface area contributed by atoms with Gasteiger partial charge in [-0.25, -0.2) is 4.79 Å². The molecule has 1 aliphatic heterocycles. The van der Waals surface area contributed by atoms with Crippen LogP contribution in [-0.4, -0.2) is 43.1 Å². The van der Waals surface area contributed by atoms with Crippen LogP contribution >= 0.6 is 0 Å². The van der Waals surface area contributed by atoms with Crippen molar-refractivity contribution < 1.29 is 14.3 Å². The molecule has 6 nitrogen and oxygen atoms in total. The quantitative estimate of drug-likeness (QED) is 0.904. The molecule has 0 aromatic heterocycles. The number of aryl methyl sites for hydroxylation is 1. The maximum Gasteiger partial charge on any atom is 0.318 e. The minimum atomic E-state index is -0.221. The number of carbonyl (C=O) groups is 2. The number of piperazine rings is 1. The molecule has 3 rings (SSSR count). The minimum Gasteiger partial charge on any atom is -0.497 e. The van der Waals surface area contributed by atoms with E-state index in [1.807, 2.05) is 62.4 Å². The number of amides is 3. The molecule has 2 aromatic carbocycles. The first-order chi connectivity index (χ1) is 13.0. The van der Waals surface area contributed by atoms with Gasteiger partial charge in [-0.1, -0.05) is 35.9 Å². The maximum absolute atomic E-state index is 12.6. The summed E-state index contributed by atoms with van der Waals surface area (Å²) in [4.78, 5) is 28.5. The average molecular weight is 367 g/mol. The Morgan fingerprint density at radius 1 is 1.22 bits per heavy atom. The van der Waals surface area contributed by atoms with Gasteiger partial charge in [0.25, 0.3) is 0 Å². The predicted octanol–water partition coefficient (Wildman–Crippen LogP) is 2.95. The van der Waals surface area contributed by atoms with Gasteiger partial charge in [0.1, 0.15) is 12.3 Å². The molecule has 0 bridgehead atoms. The van der Waals surface area contributed by atoms with E-state index in [-0.39, 0.29) is 24.5 Å². The van der Waals surface area contributed by atoms with Crippen molar-refractivity contribution in [1.82, 2.24) is 10.2 Å². The van der Waals surface area contributed by atoms with Crippen LogP contribution in [0.25, 0.3) is 0 Å². The molecule has 0 spiro atoms. The Kier molecular flexibility index (Phi) is 5.64. The van der Waals surface area contributed by atoms with Crippen LogP contribution < -0.4 is 15.0 Å². The number of carbonyl (C=O) groups excluding carboxylic acids is 2. The summed E-state index contributed by atoms with van der Waals surface area (Å²) < 4.78 is 5.24. The summed E-state index contributed by atoms with van der Waals surface area (Å²) in [5.41, 5.74) is 2.99. The zero-order valence-electron chi connectivity index (χ0n) is 15.9. The number of hydrogen-bond acceptors (Lipinski definition) is 3. The van der Waals surface area contributed by atoms with Gasteiger partial charge in [-0.3, -0.25) is 4.79 Å². The number of hydrogen-bond donors (Lipinski definition) is 1. The highest BCUT2D eigenvalue weighted by molar-refractivity contribution is 5.98. The van der Waals surface area contributed by atoms with Gasteiger partial charge in [0.05, 0.1) is 7.11 Å². The molecular formula is C21H25N3O3. The molecule has 1 unspecified atom stereocenters. The fraction of sp³-hybridized carbons (Fsp3) is 0.333. The normalized spacial score (nSPS) is 17.0. The first-order valence-electron chi connectivity index (χ1n) is 9.02. The van der Waals surface area contributed by atoms with Crippen LogP contribution in [0.3, 0.4) is 0 Å². The van der Waals surface area contributed by atoms with Gasteiger partial charge >= 0.3 is 6.03 Å². The lowest BCUT2D eigenvalue weighted by Crippen LogP contribution is -2.59. The summed E-state index contributed by atoms with van der Waals surface area (Å²) in [6.45, 7) is 4.92. The van der Waals surface area contributed by atoms with Gasteiger partial charge in [-0.2, -0.15) is 0 Å². The number of rotatable bonds is 4. The molecule has 1 saturated heterocycles. The highest BCUT2D eigenvalue weighted by atomic mass is 16.5. The summed E-state index contributed by atoms with van der Waals surface area (Å²) >= 11 is 0. The third-order valence-electron chi connectivity index (χ3n) is 4.78. The van der Waals surface area contributed by atoms with Crippen molar-refractivity contribution in [3.8, 4) is 5.75 Å². The molecule has 3 amide bonds. The molecule has 1 N–H and O–H groups in total. The number of benzene rings is 2. The number of methoxy groups -OCH3 is 1. The Morgan fingerprint density at radius 2 is 1.96 bits per heavy atom. The van der Waals surface area contributed by atoms with Crippen molar-refractivity contribution in [3.05, 3.63) is 59.7 Å². The fourth-order valence-corrected chi connectivity index (χ4v) is 3.14. The van der Waals surface area contributed by atoms with Crippen LogP contribution in [0.15, 0.2) is 48.5 Å². The predicted molar refractivity (Wildman–Crippen MR) is 105 cm³/mol. The molecule has 1 atom stereocenters. The van der Waals surface area contributed by atoms with Crippen LogP contribution in [0.4, 0.5) is 10.5 Å². The zero-order chi connectivity index (χ0) is 19.4. The number of anilines is 1. The van der Waals surface area contributed by atoms with Crippen LogP contribution in [-0.2, 0) is 11.3 Å².